The number of hydrogen-bond acceptors (Lipinski definition) is 4. The van der Waals surface area contributed by atoms with Crippen molar-refractivity contribution < 1.29 is 24.2 Å². The molecule has 6 nitrogen and oxygen atoms in total. The maximum Gasteiger partial charge on any atom is 0.407 e. The van der Waals surface area contributed by atoms with Crippen molar-refractivity contribution in [1.29, 1.82) is 0 Å². The summed E-state index contributed by atoms with van der Waals surface area (Å²) >= 11 is 0. The van der Waals surface area contributed by atoms with Crippen LogP contribution in [0.5, 0.6) is 0 Å². The Bertz CT molecular complexity index is 336. The highest BCUT2D eigenvalue weighted by Crippen LogP contribution is 2.27. The number of nitrogens with one attached hydrogen (secondary N) is 1. The molecule has 0 saturated heterocycles. The summed E-state index contributed by atoms with van der Waals surface area (Å²) in [7, 11) is 1.59. The maximum atomic E-state index is 11.7. The van der Waals surface area contributed by atoms with E-state index in [0.29, 0.717) is 19.3 Å². The number of aliphatic carboxylic acids is 1. The van der Waals surface area contributed by atoms with Crippen molar-refractivity contribution in [2.75, 3.05) is 7.11 Å². The average molecular weight is 273 g/mol. The lowest BCUT2D eigenvalue weighted by molar-refractivity contribution is -0.144. The highest BCUT2D eigenvalue weighted by molar-refractivity contribution is 5.73. The average Bonchev–Trinajstić information content (AvgIpc) is 2.25. The number of carbonyl (C=O) groups is 2. The standard InChI is InChI=1S/C13H23NO5/c1-13(2,3)19-12(17)14-10-7-8(18-4)5-6-9(10)11(15)16/h8-10H,5-7H2,1-4H3,(H,14,17)(H,15,16). The zero-order valence-corrected chi connectivity index (χ0v) is 11.9. The Hall–Kier alpha value is -1.30. The summed E-state index contributed by atoms with van der Waals surface area (Å²) in [6.45, 7) is 5.29. The number of amides is 1. The molecule has 1 aliphatic carbocycles. The summed E-state index contributed by atoms with van der Waals surface area (Å²) in [5.74, 6) is -1.48. The Morgan fingerprint density at radius 2 is 1.89 bits per heavy atom. The molecule has 0 bridgehead atoms. The summed E-state index contributed by atoms with van der Waals surface area (Å²) in [4.78, 5) is 22.9. The third-order valence-corrected chi connectivity index (χ3v) is 3.15. The van der Waals surface area contributed by atoms with Gasteiger partial charge in [-0.3, -0.25) is 4.79 Å². The van der Waals surface area contributed by atoms with Gasteiger partial charge in [-0.05, 0) is 40.0 Å². The van der Waals surface area contributed by atoms with E-state index >= 15 is 0 Å². The lowest BCUT2D eigenvalue weighted by atomic mass is 9.83. The molecule has 3 atom stereocenters. The molecule has 1 rings (SSSR count). The van der Waals surface area contributed by atoms with Crippen LogP contribution in [0.15, 0.2) is 0 Å². The molecule has 0 radical (unpaired) electrons. The van der Waals surface area contributed by atoms with E-state index in [-0.39, 0.29) is 6.10 Å². The Kier molecular flexibility index (Phi) is 5.17. The molecular weight excluding hydrogens is 250 g/mol. The molecular formula is C13H23NO5. The van der Waals surface area contributed by atoms with Crippen molar-refractivity contribution >= 4 is 12.1 Å². The predicted molar refractivity (Wildman–Crippen MR) is 68.9 cm³/mol. The van der Waals surface area contributed by atoms with Crippen molar-refractivity contribution in [2.24, 2.45) is 5.92 Å². The van der Waals surface area contributed by atoms with E-state index in [0.717, 1.165) is 0 Å². The van der Waals surface area contributed by atoms with E-state index in [2.05, 4.69) is 5.32 Å². The van der Waals surface area contributed by atoms with Gasteiger partial charge in [-0.1, -0.05) is 0 Å². The van der Waals surface area contributed by atoms with Crippen LogP contribution in [-0.2, 0) is 14.3 Å². The molecule has 1 aliphatic rings. The summed E-state index contributed by atoms with van der Waals surface area (Å²) in [6.07, 6.45) is 1.08. The molecule has 19 heavy (non-hydrogen) atoms. The second kappa shape index (κ2) is 6.23. The first-order valence-corrected chi connectivity index (χ1v) is 6.48. The first kappa shape index (κ1) is 15.8. The van der Waals surface area contributed by atoms with E-state index < -0.39 is 29.6 Å². The molecule has 0 spiro atoms. The highest BCUT2D eigenvalue weighted by Gasteiger charge is 2.36. The first-order valence-electron chi connectivity index (χ1n) is 6.48. The maximum absolute atomic E-state index is 11.7. The number of carboxylic acid groups (broad SMARTS) is 1. The normalized spacial score (nSPS) is 27.7. The first-order chi connectivity index (χ1) is 8.73. The number of hydrogen-bond donors (Lipinski definition) is 2. The largest absolute Gasteiger partial charge is 0.481 e. The van der Waals surface area contributed by atoms with Crippen LogP contribution >= 0.6 is 0 Å². The van der Waals surface area contributed by atoms with Gasteiger partial charge in [-0.15, -0.1) is 0 Å². The molecule has 6 heteroatoms. The summed E-state index contributed by atoms with van der Waals surface area (Å²) < 4.78 is 10.4. The minimum absolute atomic E-state index is 0.0180. The third kappa shape index (κ3) is 5.06. The molecule has 1 fully saturated rings. The van der Waals surface area contributed by atoms with Crippen LogP contribution in [0.3, 0.4) is 0 Å². The van der Waals surface area contributed by atoms with E-state index in [1.54, 1.807) is 27.9 Å². The molecule has 1 saturated carbocycles. The van der Waals surface area contributed by atoms with Crippen LogP contribution in [-0.4, -0.2) is 42.0 Å². The van der Waals surface area contributed by atoms with Gasteiger partial charge in [-0.25, -0.2) is 4.79 Å². The number of rotatable bonds is 3. The van der Waals surface area contributed by atoms with Gasteiger partial charge < -0.3 is 19.9 Å². The van der Waals surface area contributed by atoms with E-state index in [4.69, 9.17) is 9.47 Å². The second-order valence-corrected chi connectivity index (χ2v) is 5.87. The smallest absolute Gasteiger partial charge is 0.407 e. The minimum atomic E-state index is -0.893. The fourth-order valence-electron chi connectivity index (χ4n) is 2.26. The number of carboxylic acids is 1. The van der Waals surface area contributed by atoms with Gasteiger partial charge in [0, 0.05) is 13.2 Å². The monoisotopic (exact) mass is 273 g/mol. The van der Waals surface area contributed by atoms with Crippen LogP contribution < -0.4 is 5.32 Å². The topological polar surface area (TPSA) is 84.9 Å². The van der Waals surface area contributed by atoms with Gasteiger partial charge in [0.15, 0.2) is 0 Å². The molecule has 0 heterocycles. The molecule has 0 aromatic rings. The summed E-state index contributed by atoms with van der Waals surface area (Å²) in [5.41, 5.74) is -0.599. The van der Waals surface area contributed by atoms with Gasteiger partial charge in [0.25, 0.3) is 0 Å². The minimum Gasteiger partial charge on any atom is -0.481 e. The lowest BCUT2D eigenvalue weighted by Gasteiger charge is -2.34. The Morgan fingerprint density at radius 3 is 2.37 bits per heavy atom. The number of carbonyl (C=O) groups excluding carboxylic acids is 1. The Labute approximate surface area is 113 Å². The summed E-state index contributed by atoms with van der Waals surface area (Å²) in [5, 5.41) is 11.8. The van der Waals surface area contributed by atoms with Gasteiger partial charge >= 0.3 is 12.1 Å². The lowest BCUT2D eigenvalue weighted by Crippen LogP contribution is -2.49. The van der Waals surface area contributed by atoms with Gasteiger partial charge in [0.2, 0.25) is 0 Å². The van der Waals surface area contributed by atoms with Crippen molar-refractivity contribution in [2.45, 2.75) is 57.8 Å². The van der Waals surface area contributed by atoms with E-state index in [1.807, 2.05) is 0 Å². The summed E-state index contributed by atoms with van der Waals surface area (Å²) in [6, 6.07) is -0.453. The molecule has 0 aromatic heterocycles. The van der Waals surface area contributed by atoms with Crippen LogP contribution in [0, 0.1) is 5.92 Å². The fraction of sp³-hybridized carbons (Fsp3) is 0.846. The molecule has 3 unspecified atom stereocenters. The quantitative estimate of drug-likeness (QED) is 0.818. The van der Waals surface area contributed by atoms with Crippen LogP contribution in [0.2, 0.25) is 0 Å². The van der Waals surface area contributed by atoms with Crippen molar-refractivity contribution in [3.63, 3.8) is 0 Å². The number of methoxy groups -OCH3 is 1. The van der Waals surface area contributed by atoms with Gasteiger partial charge in [0.1, 0.15) is 5.60 Å². The molecule has 0 aromatic carbocycles. The Morgan fingerprint density at radius 1 is 1.26 bits per heavy atom. The van der Waals surface area contributed by atoms with Crippen molar-refractivity contribution in [3.8, 4) is 0 Å². The fourth-order valence-corrected chi connectivity index (χ4v) is 2.26. The van der Waals surface area contributed by atoms with Crippen LogP contribution in [0.25, 0.3) is 0 Å². The zero-order chi connectivity index (χ0) is 14.6. The van der Waals surface area contributed by atoms with Crippen LogP contribution in [0.4, 0.5) is 4.79 Å². The second-order valence-electron chi connectivity index (χ2n) is 5.87. The predicted octanol–water partition coefficient (Wildman–Crippen LogP) is 1.78. The van der Waals surface area contributed by atoms with Gasteiger partial charge in [-0.2, -0.15) is 0 Å². The number of alkyl carbamates (subject to hydrolysis) is 1. The number of ether oxygens (including phenoxy) is 2. The van der Waals surface area contributed by atoms with Crippen molar-refractivity contribution in [3.05, 3.63) is 0 Å². The van der Waals surface area contributed by atoms with E-state index in [9.17, 15) is 14.7 Å². The van der Waals surface area contributed by atoms with Gasteiger partial charge in [0.05, 0.1) is 12.0 Å². The SMILES string of the molecule is COC1CCC(C(=O)O)C(NC(=O)OC(C)(C)C)C1. The highest BCUT2D eigenvalue weighted by atomic mass is 16.6. The van der Waals surface area contributed by atoms with Crippen molar-refractivity contribution in [1.82, 2.24) is 5.32 Å². The molecule has 2 N–H and O–H groups in total. The Balaban J connectivity index is 2.64. The molecule has 1 amide bonds. The zero-order valence-electron chi connectivity index (χ0n) is 11.9. The molecule has 110 valence electrons. The van der Waals surface area contributed by atoms with Crippen LogP contribution in [0.1, 0.15) is 40.0 Å². The van der Waals surface area contributed by atoms with E-state index in [1.165, 1.54) is 0 Å². The molecule has 0 aliphatic heterocycles. The third-order valence-electron chi connectivity index (χ3n) is 3.15.